The summed E-state index contributed by atoms with van der Waals surface area (Å²) in [6.07, 6.45) is -0.829. The number of hydrogen-bond acceptors (Lipinski definition) is 6. The summed E-state index contributed by atoms with van der Waals surface area (Å²) in [6.45, 7) is 2.79. The highest BCUT2D eigenvalue weighted by atomic mass is 19.1. The first-order valence-electron chi connectivity index (χ1n) is 8.10. The van der Waals surface area contributed by atoms with Gasteiger partial charge in [0.1, 0.15) is 17.4 Å². The van der Waals surface area contributed by atoms with Gasteiger partial charge in [-0.25, -0.2) is 13.6 Å². The van der Waals surface area contributed by atoms with E-state index in [0.29, 0.717) is 11.1 Å². The Hall–Kier alpha value is -3.29. The summed E-state index contributed by atoms with van der Waals surface area (Å²) in [5.74, 6) is -1.09. The molecular formula is C19H16F2N2O4. The van der Waals surface area contributed by atoms with Crippen LogP contribution in [0.25, 0.3) is 11.4 Å². The molecule has 27 heavy (non-hydrogen) atoms. The van der Waals surface area contributed by atoms with E-state index in [4.69, 9.17) is 14.0 Å². The zero-order valence-corrected chi connectivity index (χ0v) is 14.6. The molecule has 0 saturated carbocycles. The Morgan fingerprint density at radius 1 is 1.22 bits per heavy atom. The summed E-state index contributed by atoms with van der Waals surface area (Å²) in [5, 5.41) is 3.77. The number of hydrogen-bond donors (Lipinski definition) is 0. The van der Waals surface area contributed by atoms with E-state index >= 15 is 0 Å². The number of esters is 1. The van der Waals surface area contributed by atoms with Crippen LogP contribution in [0.1, 0.15) is 24.5 Å². The predicted molar refractivity (Wildman–Crippen MR) is 90.8 cm³/mol. The maximum absolute atomic E-state index is 13.7. The van der Waals surface area contributed by atoms with Gasteiger partial charge >= 0.3 is 5.97 Å². The average Bonchev–Trinajstić information content (AvgIpc) is 3.13. The first-order chi connectivity index (χ1) is 12.9. The van der Waals surface area contributed by atoms with Crippen LogP contribution in [0.5, 0.6) is 5.75 Å². The minimum Gasteiger partial charge on any atom is -0.482 e. The van der Waals surface area contributed by atoms with Crippen molar-refractivity contribution in [2.45, 2.75) is 20.0 Å². The highest BCUT2D eigenvalue weighted by Crippen LogP contribution is 2.22. The van der Waals surface area contributed by atoms with Crippen LogP contribution < -0.4 is 4.74 Å². The van der Waals surface area contributed by atoms with E-state index in [2.05, 4.69) is 10.1 Å². The van der Waals surface area contributed by atoms with Crippen molar-refractivity contribution in [1.29, 1.82) is 0 Å². The van der Waals surface area contributed by atoms with Gasteiger partial charge in [-0.2, -0.15) is 4.98 Å². The lowest BCUT2D eigenvalue weighted by atomic mass is 10.1. The minimum atomic E-state index is -0.829. The lowest BCUT2D eigenvalue weighted by molar-refractivity contribution is -0.152. The topological polar surface area (TPSA) is 74.5 Å². The Balaban J connectivity index is 1.59. The van der Waals surface area contributed by atoms with E-state index in [0.717, 1.165) is 6.07 Å². The van der Waals surface area contributed by atoms with Crippen molar-refractivity contribution < 1.29 is 27.6 Å². The number of rotatable bonds is 6. The van der Waals surface area contributed by atoms with Gasteiger partial charge in [0.15, 0.2) is 12.7 Å². The third-order valence-electron chi connectivity index (χ3n) is 3.68. The van der Waals surface area contributed by atoms with Crippen LogP contribution >= 0.6 is 0 Å². The van der Waals surface area contributed by atoms with Gasteiger partial charge in [-0.05, 0) is 37.6 Å². The number of carbonyl (C=O) groups excluding carboxylic acids is 1. The standard InChI is InChI=1S/C19H16F2N2O4/c1-11-6-7-13(8-16(11)21)18-22-19(27-23-18)12(2)26-17(24)10-25-15-5-3-4-14(20)9-15/h3-9,12H,10H2,1-2H3. The summed E-state index contributed by atoms with van der Waals surface area (Å²) in [5.41, 5.74) is 0.948. The second-order valence-corrected chi connectivity index (χ2v) is 5.80. The van der Waals surface area contributed by atoms with Gasteiger partial charge in [0.2, 0.25) is 5.82 Å². The van der Waals surface area contributed by atoms with Crippen molar-refractivity contribution >= 4 is 5.97 Å². The molecule has 1 heterocycles. The van der Waals surface area contributed by atoms with E-state index in [9.17, 15) is 13.6 Å². The maximum atomic E-state index is 13.7. The molecule has 0 aliphatic heterocycles. The van der Waals surface area contributed by atoms with Gasteiger partial charge < -0.3 is 14.0 Å². The number of carbonyl (C=O) groups is 1. The predicted octanol–water partition coefficient (Wildman–Crippen LogP) is 4.01. The van der Waals surface area contributed by atoms with Crippen molar-refractivity contribution in [2.75, 3.05) is 6.61 Å². The summed E-state index contributed by atoms with van der Waals surface area (Å²) in [4.78, 5) is 16.0. The smallest absolute Gasteiger partial charge is 0.344 e. The van der Waals surface area contributed by atoms with Crippen LogP contribution in [0.15, 0.2) is 47.0 Å². The average molecular weight is 374 g/mol. The Kier molecular flexibility index (Phi) is 5.44. The number of benzene rings is 2. The van der Waals surface area contributed by atoms with Crippen molar-refractivity contribution in [3.8, 4) is 17.1 Å². The van der Waals surface area contributed by atoms with Crippen molar-refractivity contribution in [2.24, 2.45) is 0 Å². The van der Waals surface area contributed by atoms with E-state index in [1.165, 1.54) is 24.3 Å². The molecule has 1 unspecified atom stereocenters. The molecule has 6 nitrogen and oxygen atoms in total. The molecule has 0 radical (unpaired) electrons. The molecule has 0 amide bonds. The van der Waals surface area contributed by atoms with Crippen LogP contribution in [-0.4, -0.2) is 22.7 Å². The normalized spacial score (nSPS) is 11.9. The van der Waals surface area contributed by atoms with Gasteiger partial charge in [0.05, 0.1) is 0 Å². The molecule has 3 rings (SSSR count). The van der Waals surface area contributed by atoms with E-state index < -0.39 is 24.5 Å². The number of halogens is 2. The highest BCUT2D eigenvalue weighted by Gasteiger charge is 2.20. The third kappa shape index (κ3) is 4.66. The number of aryl methyl sites for hydroxylation is 1. The zero-order valence-electron chi connectivity index (χ0n) is 14.6. The Morgan fingerprint density at radius 3 is 2.78 bits per heavy atom. The molecule has 0 spiro atoms. The highest BCUT2D eigenvalue weighted by molar-refractivity contribution is 5.71. The second-order valence-electron chi connectivity index (χ2n) is 5.80. The van der Waals surface area contributed by atoms with Gasteiger partial charge in [-0.1, -0.05) is 23.4 Å². The lowest BCUT2D eigenvalue weighted by Crippen LogP contribution is -2.17. The van der Waals surface area contributed by atoms with Crippen LogP contribution in [0.3, 0.4) is 0 Å². The van der Waals surface area contributed by atoms with Crippen LogP contribution in [-0.2, 0) is 9.53 Å². The molecule has 8 heteroatoms. The zero-order chi connectivity index (χ0) is 19.4. The molecule has 0 fully saturated rings. The fourth-order valence-electron chi connectivity index (χ4n) is 2.23. The van der Waals surface area contributed by atoms with Gasteiger partial charge in [-0.3, -0.25) is 0 Å². The fraction of sp³-hybridized carbons (Fsp3) is 0.211. The summed E-state index contributed by atoms with van der Waals surface area (Å²) in [6, 6.07) is 9.97. The minimum absolute atomic E-state index is 0.0603. The lowest BCUT2D eigenvalue weighted by Gasteiger charge is -2.10. The number of aromatic nitrogens is 2. The third-order valence-corrected chi connectivity index (χ3v) is 3.68. The quantitative estimate of drug-likeness (QED) is 0.607. The van der Waals surface area contributed by atoms with E-state index in [-0.39, 0.29) is 23.3 Å². The molecule has 3 aromatic rings. The molecule has 140 valence electrons. The molecule has 0 aliphatic carbocycles. The molecule has 1 aromatic heterocycles. The molecule has 0 saturated heterocycles. The SMILES string of the molecule is Cc1ccc(-c2noc(C(C)OC(=O)COc3cccc(F)c3)n2)cc1F. The largest absolute Gasteiger partial charge is 0.482 e. The first kappa shape index (κ1) is 18.5. The van der Waals surface area contributed by atoms with Crippen molar-refractivity contribution in [1.82, 2.24) is 10.1 Å². The van der Waals surface area contributed by atoms with Crippen LogP contribution in [0, 0.1) is 18.6 Å². The Bertz CT molecular complexity index is 958. The van der Waals surface area contributed by atoms with E-state index in [1.807, 2.05) is 0 Å². The van der Waals surface area contributed by atoms with Crippen molar-refractivity contribution in [3.05, 3.63) is 65.6 Å². The van der Waals surface area contributed by atoms with Gasteiger partial charge in [-0.15, -0.1) is 0 Å². The van der Waals surface area contributed by atoms with Gasteiger partial charge in [0.25, 0.3) is 5.89 Å². The fourth-order valence-corrected chi connectivity index (χ4v) is 2.23. The summed E-state index contributed by atoms with van der Waals surface area (Å²) in [7, 11) is 0. The van der Waals surface area contributed by atoms with Crippen molar-refractivity contribution in [3.63, 3.8) is 0 Å². The molecule has 2 aromatic carbocycles. The van der Waals surface area contributed by atoms with E-state index in [1.54, 1.807) is 26.0 Å². The van der Waals surface area contributed by atoms with Gasteiger partial charge in [0, 0.05) is 11.6 Å². The Labute approximate surface area is 153 Å². The first-order valence-corrected chi connectivity index (χ1v) is 8.10. The Morgan fingerprint density at radius 2 is 2.04 bits per heavy atom. The molecule has 0 N–H and O–H groups in total. The second kappa shape index (κ2) is 7.94. The summed E-state index contributed by atoms with van der Waals surface area (Å²) < 4.78 is 42.1. The van der Waals surface area contributed by atoms with Crippen LogP contribution in [0.4, 0.5) is 8.78 Å². The molecule has 0 bridgehead atoms. The number of ether oxygens (including phenoxy) is 2. The molecular weight excluding hydrogens is 358 g/mol. The maximum Gasteiger partial charge on any atom is 0.344 e. The molecule has 1 atom stereocenters. The van der Waals surface area contributed by atoms with Crippen LogP contribution in [0.2, 0.25) is 0 Å². The number of nitrogens with zero attached hydrogens (tertiary/aromatic N) is 2. The monoisotopic (exact) mass is 374 g/mol. The summed E-state index contributed by atoms with van der Waals surface area (Å²) >= 11 is 0. The molecule has 0 aliphatic rings.